The van der Waals surface area contributed by atoms with Gasteiger partial charge in [0.05, 0.1) is 12.8 Å². The molecule has 4 nitrogen and oxygen atoms in total. The Bertz CT molecular complexity index is 815. The maximum atomic E-state index is 10.2. The summed E-state index contributed by atoms with van der Waals surface area (Å²) in [6, 6.07) is 12.3. The molecule has 0 saturated heterocycles. The first-order valence-electron chi connectivity index (χ1n) is 7.13. The highest BCUT2D eigenvalue weighted by atomic mass is 79.9. The van der Waals surface area contributed by atoms with E-state index in [0.29, 0.717) is 6.54 Å². The molecule has 2 aromatic carbocycles. The molecule has 0 fully saturated rings. The summed E-state index contributed by atoms with van der Waals surface area (Å²) in [5.41, 5.74) is 7.38. The predicted molar refractivity (Wildman–Crippen MR) is 100 cm³/mol. The molecule has 1 aromatic heterocycles. The Morgan fingerprint density at radius 3 is 2.17 bits per heavy atom. The number of nitrogens with zero attached hydrogens (tertiary/aromatic N) is 1. The van der Waals surface area contributed by atoms with E-state index in [0.717, 1.165) is 30.8 Å². The minimum atomic E-state index is -0.628. The van der Waals surface area contributed by atoms with Gasteiger partial charge >= 0.3 is 0 Å². The molecule has 0 spiro atoms. The van der Waals surface area contributed by atoms with Gasteiger partial charge in [-0.25, -0.2) is 0 Å². The number of fused-ring (bicyclic) bond motifs is 3. The van der Waals surface area contributed by atoms with Gasteiger partial charge in [-0.05, 0) is 36.4 Å². The summed E-state index contributed by atoms with van der Waals surface area (Å²) in [4.78, 5) is 0. The third kappa shape index (κ3) is 3.39. The number of ether oxygens (including phenoxy) is 1. The third-order valence-corrected chi connectivity index (χ3v) is 4.63. The van der Waals surface area contributed by atoms with E-state index >= 15 is 0 Å². The normalized spacial score (nSPS) is 13.2. The molecule has 6 heteroatoms. The number of aliphatic hydroxyl groups is 1. The number of benzene rings is 2. The highest BCUT2D eigenvalue weighted by molar-refractivity contribution is 9.10. The average Bonchev–Trinajstić information content (AvgIpc) is 2.80. The maximum absolute atomic E-state index is 10.2. The monoisotopic (exact) mass is 438 g/mol. The van der Waals surface area contributed by atoms with Crippen LogP contribution in [0.15, 0.2) is 57.8 Å². The second kappa shape index (κ2) is 6.95. The van der Waals surface area contributed by atoms with Gasteiger partial charge in [0.1, 0.15) is 12.7 Å². The van der Waals surface area contributed by atoms with Gasteiger partial charge in [-0.2, -0.15) is 0 Å². The van der Waals surface area contributed by atoms with Crippen molar-refractivity contribution in [2.24, 2.45) is 5.73 Å². The fraction of sp³-hybridized carbons (Fsp3) is 0.176. The van der Waals surface area contributed by atoms with Crippen LogP contribution in [-0.2, 0) is 11.3 Å². The molecular formula is C17H16Br2N2O2. The highest BCUT2D eigenvalue weighted by Crippen LogP contribution is 2.33. The maximum Gasteiger partial charge on any atom is 0.115 e. The van der Waals surface area contributed by atoms with E-state index in [1.165, 1.54) is 12.5 Å². The first kappa shape index (κ1) is 16.4. The summed E-state index contributed by atoms with van der Waals surface area (Å²) in [6.45, 7) is 0.642. The molecule has 3 rings (SSSR count). The zero-order valence-electron chi connectivity index (χ0n) is 12.2. The minimum absolute atomic E-state index is 0.196. The quantitative estimate of drug-likeness (QED) is 0.587. The number of hydrogen-bond donors (Lipinski definition) is 2. The SMILES string of the molecule is N/C=C/OCC(O)Cn1c2ccc(Br)cc2c2cc(Br)ccc21. The molecule has 1 unspecified atom stereocenters. The molecule has 0 saturated carbocycles. The topological polar surface area (TPSA) is 60.4 Å². The van der Waals surface area contributed by atoms with Crippen LogP contribution in [0.25, 0.3) is 21.8 Å². The van der Waals surface area contributed by atoms with Gasteiger partial charge < -0.3 is 20.1 Å². The van der Waals surface area contributed by atoms with Crippen LogP contribution in [-0.4, -0.2) is 22.4 Å². The fourth-order valence-electron chi connectivity index (χ4n) is 2.73. The van der Waals surface area contributed by atoms with E-state index in [4.69, 9.17) is 10.5 Å². The minimum Gasteiger partial charge on any atom is -0.497 e. The second-order valence-corrected chi connectivity index (χ2v) is 7.08. The van der Waals surface area contributed by atoms with Crippen molar-refractivity contribution in [3.8, 4) is 0 Å². The van der Waals surface area contributed by atoms with Gasteiger partial charge in [-0.3, -0.25) is 0 Å². The van der Waals surface area contributed by atoms with E-state index < -0.39 is 6.10 Å². The van der Waals surface area contributed by atoms with Crippen molar-refractivity contribution in [2.75, 3.05) is 6.61 Å². The number of rotatable bonds is 5. The average molecular weight is 440 g/mol. The third-order valence-electron chi connectivity index (χ3n) is 3.65. The largest absolute Gasteiger partial charge is 0.497 e. The molecule has 23 heavy (non-hydrogen) atoms. The first-order chi connectivity index (χ1) is 11.1. The molecule has 3 aromatic rings. The Morgan fingerprint density at radius 2 is 1.65 bits per heavy atom. The Labute approximate surface area is 150 Å². The van der Waals surface area contributed by atoms with Crippen molar-refractivity contribution in [1.82, 2.24) is 4.57 Å². The van der Waals surface area contributed by atoms with Crippen LogP contribution in [0.1, 0.15) is 0 Å². The Hall–Kier alpha value is -1.50. The zero-order valence-corrected chi connectivity index (χ0v) is 15.4. The Kier molecular flexibility index (Phi) is 4.94. The van der Waals surface area contributed by atoms with Crippen LogP contribution in [0.2, 0.25) is 0 Å². The van der Waals surface area contributed by atoms with Crippen molar-refractivity contribution in [3.05, 3.63) is 57.8 Å². The van der Waals surface area contributed by atoms with Gasteiger partial charge in [0.2, 0.25) is 0 Å². The van der Waals surface area contributed by atoms with Crippen LogP contribution in [0, 0.1) is 0 Å². The van der Waals surface area contributed by atoms with Crippen LogP contribution in [0.3, 0.4) is 0 Å². The fourth-order valence-corrected chi connectivity index (χ4v) is 3.45. The lowest BCUT2D eigenvalue weighted by molar-refractivity contribution is 0.0730. The van der Waals surface area contributed by atoms with Crippen molar-refractivity contribution in [3.63, 3.8) is 0 Å². The summed E-state index contributed by atoms with van der Waals surface area (Å²) >= 11 is 7.06. The predicted octanol–water partition coefficient (Wildman–Crippen LogP) is 4.13. The Balaban J connectivity index is 2.07. The molecule has 0 amide bonds. The molecule has 3 N–H and O–H groups in total. The van der Waals surface area contributed by atoms with Crippen LogP contribution in [0.4, 0.5) is 0 Å². The van der Waals surface area contributed by atoms with E-state index in [-0.39, 0.29) is 6.61 Å². The summed E-state index contributed by atoms with van der Waals surface area (Å²) in [7, 11) is 0. The lowest BCUT2D eigenvalue weighted by atomic mass is 10.2. The van der Waals surface area contributed by atoms with Crippen LogP contribution >= 0.6 is 31.9 Å². The van der Waals surface area contributed by atoms with Crippen molar-refractivity contribution >= 4 is 53.7 Å². The number of nitrogens with two attached hydrogens (primary N) is 1. The van der Waals surface area contributed by atoms with Gasteiger partial charge in [0.25, 0.3) is 0 Å². The molecule has 0 aliphatic carbocycles. The number of halogens is 2. The van der Waals surface area contributed by atoms with Crippen molar-refractivity contribution in [2.45, 2.75) is 12.6 Å². The molecule has 120 valence electrons. The van der Waals surface area contributed by atoms with E-state index in [1.54, 1.807) is 0 Å². The van der Waals surface area contributed by atoms with Gasteiger partial charge in [-0.15, -0.1) is 0 Å². The van der Waals surface area contributed by atoms with E-state index in [1.807, 2.05) is 12.1 Å². The Morgan fingerprint density at radius 1 is 1.09 bits per heavy atom. The first-order valence-corrected chi connectivity index (χ1v) is 8.72. The van der Waals surface area contributed by atoms with E-state index in [9.17, 15) is 5.11 Å². The van der Waals surface area contributed by atoms with Crippen LogP contribution < -0.4 is 5.73 Å². The number of aliphatic hydroxyl groups excluding tert-OH is 1. The van der Waals surface area contributed by atoms with E-state index in [2.05, 4.69) is 60.7 Å². The lowest BCUT2D eigenvalue weighted by Gasteiger charge is -2.13. The van der Waals surface area contributed by atoms with Crippen LogP contribution in [0.5, 0.6) is 0 Å². The number of aromatic nitrogens is 1. The second-order valence-electron chi connectivity index (χ2n) is 5.25. The molecule has 1 heterocycles. The molecule has 0 radical (unpaired) electrons. The molecule has 0 bridgehead atoms. The molecule has 1 atom stereocenters. The summed E-state index contributed by atoms with van der Waals surface area (Å²) in [5, 5.41) is 12.5. The van der Waals surface area contributed by atoms with Gasteiger partial charge in [-0.1, -0.05) is 31.9 Å². The van der Waals surface area contributed by atoms with Crippen molar-refractivity contribution < 1.29 is 9.84 Å². The summed E-state index contributed by atoms with van der Waals surface area (Å²) < 4.78 is 9.34. The summed E-state index contributed by atoms with van der Waals surface area (Å²) in [6.07, 6.45) is 2.06. The number of hydrogen-bond acceptors (Lipinski definition) is 3. The highest BCUT2D eigenvalue weighted by Gasteiger charge is 2.14. The van der Waals surface area contributed by atoms with Gasteiger partial charge in [0, 0.05) is 37.0 Å². The van der Waals surface area contributed by atoms with Crippen molar-refractivity contribution in [1.29, 1.82) is 0 Å². The standard InChI is InChI=1S/C17H16Br2N2O2/c18-11-1-3-16-14(7-11)15-8-12(19)2-4-17(15)21(16)9-13(22)10-23-6-5-20/h1-8,13,22H,9-10,20H2/b6-5+. The molecular weight excluding hydrogens is 424 g/mol. The molecule has 0 aliphatic rings. The summed E-state index contributed by atoms with van der Waals surface area (Å²) in [5.74, 6) is 0. The smallest absolute Gasteiger partial charge is 0.115 e. The zero-order chi connectivity index (χ0) is 16.4. The lowest BCUT2D eigenvalue weighted by Crippen LogP contribution is -2.20. The molecule has 0 aliphatic heterocycles. The van der Waals surface area contributed by atoms with Gasteiger partial charge in [0.15, 0.2) is 0 Å².